The van der Waals surface area contributed by atoms with Crippen molar-refractivity contribution in [2.75, 3.05) is 30.4 Å². The number of rotatable bonds is 6. The molecule has 0 aromatic carbocycles. The molecule has 2 heterocycles. The summed E-state index contributed by atoms with van der Waals surface area (Å²) >= 11 is 0. The molecule has 0 radical (unpaired) electrons. The first-order valence-corrected chi connectivity index (χ1v) is 7.35. The molecule has 0 amide bonds. The van der Waals surface area contributed by atoms with Gasteiger partial charge in [-0.1, -0.05) is 13.0 Å². The molecule has 0 spiro atoms. The van der Waals surface area contributed by atoms with Gasteiger partial charge in [-0.25, -0.2) is 4.98 Å². The maximum atomic E-state index is 5.41. The Morgan fingerprint density at radius 3 is 2.79 bits per heavy atom. The number of pyridine rings is 1. The third-order valence-corrected chi connectivity index (χ3v) is 3.65. The van der Waals surface area contributed by atoms with E-state index in [-0.39, 0.29) is 0 Å². The third-order valence-electron chi connectivity index (χ3n) is 3.65. The Morgan fingerprint density at radius 1 is 1.32 bits per heavy atom. The second-order valence-electron chi connectivity index (χ2n) is 5.22. The lowest BCUT2D eigenvalue weighted by molar-refractivity contribution is 0.0622. The van der Waals surface area contributed by atoms with Gasteiger partial charge in [-0.3, -0.25) is 0 Å². The van der Waals surface area contributed by atoms with E-state index in [2.05, 4.69) is 29.5 Å². The van der Waals surface area contributed by atoms with Crippen LogP contribution >= 0.6 is 0 Å². The molecule has 0 bridgehead atoms. The van der Waals surface area contributed by atoms with Crippen molar-refractivity contribution in [3.8, 4) is 0 Å². The summed E-state index contributed by atoms with van der Waals surface area (Å²) in [5.41, 5.74) is 0. The lowest BCUT2D eigenvalue weighted by atomic mass is 9.93. The topological polar surface area (TPSA) is 46.2 Å². The van der Waals surface area contributed by atoms with Crippen LogP contribution in [0.4, 0.5) is 11.6 Å². The van der Waals surface area contributed by atoms with E-state index in [0.29, 0.717) is 12.0 Å². The molecule has 1 aromatic heterocycles. The summed E-state index contributed by atoms with van der Waals surface area (Å²) in [5, 5.41) is 6.84. The summed E-state index contributed by atoms with van der Waals surface area (Å²) < 4.78 is 5.41. The van der Waals surface area contributed by atoms with Crippen LogP contribution in [-0.4, -0.2) is 30.8 Å². The molecule has 19 heavy (non-hydrogen) atoms. The lowest BCUT2D eigenvalue weighted by Gasteiger charge is -2.28. The van der Waals surface area contributed by atoms with Gasteiger partial charge in [0.2, 0.25) is 0 Å². The van der Waals surface area contributed by atoms with Gasteiger partial charge >= 0.3 is 0 Å². The van der Waals surface area contributed by atoms with E-state index in [0.717, 1.165) is 50.7 Å². The van der Waals surface area contributed by atoms with Crippen molar-refractivity contribution in [1.29, 1.82) is 0 Å². The van der Waals surface area contributed by atoms with Crippen LogP contribution < -0.4 is 10.6 Å². The normalized spacial score (nSPS) is 18.0. The third kappa shape index (κ3) is 4.39. The van der Waals surface area contributed by atoms with E-state index in [1.165, 1.54) is 0 Å². The van der Waals surface area contributed by atoms with Crippen LogP contribution in [0.2, 0.25) is 0 Å². The lowest BCUT2D eigenvalue weighted by Crippen LogP contribution is -2.31. The van der Waals surface area contributed by atoms with E-state index in [9.17, 15) is 0 Å². The van der Waals surface area contributed by atoms with Gasteiger partial charge in [0.25, 0.3) is 0 Å². The minimum absolute atomic E-state index is 0.442. The fraction of sp³-hybridized carbons (Fsp3) is 0.667. The van der Waals surface area contributed by atoms with Gasteiger partial charge in [0.05, 0.1) is 0 Å². The van der Waals surface area contributed by atoms with E-state index in [4.69, 9.17) is 4.74 Å². The fourth-order valence-corrected chi connectivity index (χ4v) is 2.43. The van der Waals surface area contributed by atoms with E-state index in [1.807, 2.05) is 18.2 Å². The van der Waals surface area contributed by atoms with Crippen LogP contribution in [0, 0.1) is 5.92 Å². The van der Waals surface area contributed by atoms with Crippen molar-refractivity contribution in [3.63, 3.8) is 0 Å². The Morgan fingerprint density at radius 2 is 2.05 bits per heavy atom. The molecule has 2 rings (SSSR count). The minimum Gasteiger partial charge on any atom is -0.381 e. The smallest absolute Gasteiger partial charge is 0.128 e. The SMILES string of the molecule is CCCNc1cccc(NC(C)C2CCOCC2)n1. The zero-order valence-electron chi connectivity index (χ0n) is 12.0. The Kier molecular flexibility index (Phi) is 5.45. The van der Waals surface area contributed by atoms with Crippen molar-refractivity contribution >= 4 is 11.6 Å². The Labute approximate surface area is 116 Å². The van der Waals surface area contributed by atoms with Crippen LogP contribution in [0.5, 0.6) is 0 Å². The Bertz CT molecular complexity index is 377. The molecule has 1 aliphatic heterocycles. The highest BCUT2D eigenvalue weighted by Crippen LogP contribution is 2.21. The number of hydrogen-bond acceptors (Lipinski definition) is 4. The van der Waals surface area contributed by atoms with Gasteiger partial charge in [-0.05, 0) is 44.2 Å². The Hall–Kier alpha value is -1.29. The number of nitrogens with zero attached hydrogens (tertiary/aromatic N) is 1. The molecule has 4 heteroatoms. The first kappa shape index (κ1) is 14.1. The van der Waals surface area contributed by atoms with Crippen molar-refractivity contribution in [2.45, 2.75) is 39.2 Å². The van der Waals surface area contributed by atoms with Crippen molar-refractivity contribution < 1.29 is 4.74 Å². The molecular formula is C15H25N3O. The van der Waals surface area contributed by atoms with Gasteiger partial charge in [0.15, 0.2) is 0 Å². The van der Waals surface area contributed by atoms with Crippen LogP contribution in [0.3, 0.4) is 0 Å². The van der Waals surface area contributed by atoms with E-state index < -0.39 is 0 Å². The summed E-state index contributed by atoms with van der Waals surface area (Å²) in [7, 11) is 0. The summed E-state index contributed by atoms with van der Waals surface area (Å²) in [4.78, 5) is 4.59. The van der Waals surface area contributed by atoms with E-state index >= 15 is 0 Å². The summed E-state index contributed by atoms with van der Waals surface area (Å²) in [6, 6.07) is 6.54. The van der Waals surface area contributed by atoms with Crippen LogP contribution in [0.15, 0.2) is 18.2 Å². The monoisotopic (exact) mass is 263 g/mol. The molecule has 0 aliphatic carbocycles. The molecule has 1 fully saturated rings. The zero-order chi connectivity index (χ0) is 13.5. The highest BCUT2D eigenvalue weighted by Gasteiger charge is 2.20. The molecular weight excluding hydrogens is 238 g/mol. The maximum absolute atomic E-state index is 5.41. The highest BCUT2D eigenvalue weighted by molar-refractivity contribution is 5.45. The van der Waals surface area contributed by atoms with Gasteiger partial charge < -0.3 is 15.4 Å². The Balaban J connectivity index is 1.90. The largest absolute Gasteiger partial charge is 0.381 e. The molecule has 1 aliphatic rings. The highest BCUT2D eigenvalue weighted by atomic mass is 16.5. The summed E-state index contributed by atoms with van der Waals surface area (Å²) in [6.07, 6.45) is 3.39. The van der Waals surface area contributed by atoms with Gasteiger partial charge in [-0.15, -0.1) is 0 Å². The quantitative estimate of drug-likeness (QED) is 0.827. The minimum atomic E-state index is 0.442. The van der Waals surface area contributed by atoms with Crippen molar-refractivity contribution in [2.24, 2.45) is 5.92 Å². The predicted molar refractivity (Wildman–Crippen MR) is 79.6 cm³/mol. The predicted octanol–water partition coefficient (Wildman–Crippen LogP) is 3.13. The molecule has 2 N–H and O–H groups in total. The van der Waals surface area contributed by atoms with Crippen LogP contribution in [-0.2, 0) is 4.74 Å². The number of anilines is 2. The van der Waals surface area contributed by atoms with Crippen molar-refractivity contribution in [1.82, 2.24) is 4.98 Å². The summed E-state index contributed by atoms with van der Waals surface area (Å²) in [6.45, 7) is 7.14. The van der Waals surface area contributed by atoms with Gasteiger partial charge in [-0.2, -0.15) is 0 Å². The standard InChI is InChI=1S/C15H25N3O/c1-3-9-16-14-5-4-6-15(18-14)17-12(2)13-7-10-19-11-8-13/h4-6,12-13H,3,7-11H2,1-2H3,(H2,16,17,18). The second-order valence-corrected chi connectivity index (χ2v) is 5.22. The van der Waals surface area contributed by atoms with Gasteiger partial charge in [0.1, 0.15) is 11.6 Å². The zero-order valence-corrected chi connectivity index (χ0v) is 12.0. The number of ether oxygens (including phenoxy) is 1. The first-order valence-electron chi connectivity index (χ1n) is 7.35. The first-order chi connectivity index (χ1) is 9.29. The average Bonchev–Trinajstić information content (AvgIpc) is 2.46. The van der Waals surface area contributed by atoms with Crippen LogP contribution in [0.1, 0.15) is 33.1 Å². The molecule has 1 atom stereocenters. The average molecular weight is 263 g/mol. The molecule has 106 valence electrons. The molecule has 1 unspecified atom stereocenters. The van der Waals surface area contributed by atoms with Crippen molar-refractivity contribution in [3.05, 3.63) is 18.2 Å². The number of hydrogen-bond donors (Lipinski definition) is 2. The number of nitrogens with one attached hydrogen (secondary N) is 2. The molecule has 4 nitrogen and oxygen atoms in total. The fourth-order valence-electron chi connectivity index (χ4n) is 2.43. The molecule has 1 aromatic rings. The molecule has 0 saturated carbocycles. The summed E-state index contributed by atoms with van der Waals surface area (Å²) in [5.74, 6) is 2.59. The van der Waals surface area contributed by atoms with Gasteiger partial charge in [0, 0.05) is 25.8 Å². The van der Waals surface area contributed by atoms with E-state index in [1.54, 1.807) is 0 Å². The maximum Gasteiger partial charge on any atom is 0.128 e. The molecule has 1 saturated heterocycles. The number of aromatic nitrogens is 1. The van der Waals surface area contributed by atoms with Crippen LogP contribution in [0.25, 0.3) is 0 Å². The second kappa shape index (κ2) is 7.34.